The van der Waals surface area contributed by atoms with Crippen molar-refractivity contribution in [3.8, 4) is 5.75 Å². The number of hydrogen-bond donors (Lipinski definition) is 1. The number of aromatic nitrogens is 2. The van der Waals surface area contributed by atoms with Crippen molar-refractivity contribution in [1.29, 1.82) is 0 Å². The molecule has 0 spiro atoms. The number of ether oxygens (including phenoxy) is 1. The first-order chi connectivity index (χ1) is 15.0. The van der Waals surface area contributed by atoms with E-state index < -0.39 is 9.84 Å². The van der Waals surface area contributed by atoms with Crippen LogP contribution in [0, 0.1) is 0 Å². The van der Waals surface area contributed by atoms with Crippen molar-refractivity contribution in [2.45, 2.75) is 9.92 Å². The van der Waals surface area contributed by atoms with Gasteiger partial charge >= 0.3 is 29.6 Å². The molecule has 32 heavy (non-hydrogen) atoms. The molecule has 0 bridgehead atoms. The number of nitrogens with one attached hydrogen (secondary N) is 1. The molecule has 13 heteroatoms. The maximum absolute atomic E-state index is 13.4. The van der Waals surface area contributed by atoms with Gasteiger partial charge in [-0.25, -0.2) is 8.42 Å². The Morgan fingerprint density at radius 2 is 1.72 bits per heavy atom. The molecule has 11 nitrogen and oxygen atoms in total. The van der Waals surface area contributed by atoms with Crippen LogP contribution in [0.25, 0.3) is 48.1 Å². The maximum Gasteiger partial charge on any atom is 1.00 e. The van der Waals surface area contributed by atoms with Gasteiger partial charge in [-0.3, -0.25) is 10.0 Å². The molecule has 0 atom stereocenters. The van der Waals surface area contributed by atoms with Crippen LogP contribution in [0.15, 0.2) is 75.7 Å². The molecule has 4 aromatic rings. The zero-order chi connectivity index (χ0) is 22.3. The van der Waals surface area contributed by atoms with E-state index in [1.54, 1.807) is 36.4 Å². The van der Waals surface area contributed by atoms with Gasteiger partial charge in [0.1, 0.15) is 5.75 Å². The largest absolute Gasteiger partial charge is 1.00 e. The molecule has 0 amide bonds. The molecule has 0 radical (unpaired) electrons. The zero-order valence-electron chi connectivity index (χ0n) is 17.0. The van der Waals surface area contributed by atoms with Gasteiger partial charge in [-0.2, -0.15) is 5.10 Å². The Bertz CT molecular complexity index is 1420. The van der Waals surface area contributed by atoms with Crippen LogP contribution in [0.4, 0.5) is 0 Å². The van der Waals surface area contributed by atoms with Crippen LogP contribution in [-0.2, 0) is 9.84 Å². The normalized spacial score (nSPS) is 10.2. The summed E-state index contributed by atoms with van der Waals surface area (Å²) in [4.78, 5) is 4.38. The fraction of sp³-hybridized carbons (Fsp3) is 0.105. The molecule has 3 aromatic carbocycles. The Balaban J connectivity index is 0.000000860. The van der Waals surface area contributed by atoms with Gasteiger partial charge in [-0.1, -0.05) is 41.5 Å². The van der Waals surface area contributed by atoms with Crippen LogP contribution < -0.4 is 34.3 Å². The average Bonchev–Trinajstić information content (AvgIpc) is 3.21. The third-order valence-corrected chi connectivity index (χ3v) is 6.11. The van der Waals surface area contributed by atoms with E-state index in [1.165, 1.54) is 4.91 Å². The fourth-order valence-electron chi connectivity index (χ4n) is 3.05. The summed E-state index contributed by atoms with van der Waals surface area (Å²) in [7, 11) is -3.83. The first-order valence-electron chi connectivity index (χ1n) is 8.86. The van der Waals surface area contributed by atoms with Crippen LogP contribution in [-0.4, -0.2) is 31.8 Å². The van der Waals surface area contributed by atoms with Gasteiger partial charge in [0.2, 0.25) is 9.84 Å². The molecule has 0 saturated heterocycles. The number of benzene rings is 3. The number of nitrogens with zero attached hydrogens (tertiary/aromatic N) is 7. The summed E-state index contributed by atoms with van der Waals surface area (Å²) >= 11 is 0. The minimum atomic E-state index is -3.83. The number of H-pyrrole nitrogens is 1. The van der Waals surface area contributed by atoms with Gasteiger partial charge in [-0.05, 0) is 35.2 Å². The smallest absolute Gasteiger partial charge is 0.493 e. The molecule has 0 unspecified atom stereocenters. The number of aromatic amines is 1. The van der Waals surface area contributed by atoms with Gasteiger partial charge in [0, 0.05) is 15.7 Å². The Morgan fingerprint density at radius 3 is 2.47 bits per heavy atom. The molecule has 0 saturated carbocycles. The van der Waals surface area contributed by atoms with E-state index in [0.717, 1.165) is 5.39 Å². The SMILES string of the molecule is [N-]=[N+]=NCCOc1ccc2n[nH]c(S(=O)(=O)c3cccc4ccccc34)c2c1.[N-]=[N+]=[N-].[Na+]. The van der Waals surface area contributed by atoms with Crippen LogP contribution in [0.1, 0.15) is 0 Å². The van der Waals surface area contributed by atoms with Crippen molar-refractivity contribution >= 4 is 31.5 Å². The molecule has 1 aromatic heterocycles. The minimum Gasteiger partial charge on any atom is -0.493 e. The van der Waals surface area contributed by atoms with E-state index in [1.807, 2.05) is 24.3 Å². The molecule has 0 fully saturated rings. The summed E-state index contributed by atoms with van der Waals surface area (Å²) in [5.41, 5.74) is 22.3. The molecule has 1 heterocycles. The Morgan fingerprint density at radius 1 is 1.00 bits per heavy atom. The van der Waals surface area contributed by atoms with Crippen molar-refractivity contribution in [1.82, 2.24) is 10.2 Å². The summed E-state index contributed by atoms with van der Waals surface area (Å²) in [6, 6.07) is 17.5. The number of azide groups is 1. The van der Waals surface area contributed by atoms with Gasteiger partial charge in [-0.15, -0.1) is 0 Å². The molecular weight excluding hydrogens is 443 g/mol. The standard InChI is InChI=1S/C19H15N5O3S.N3.Na/c20-24-21-10-11-27-14-8-9-17-16(12-14)19(23-22-17)28(25,26)18-7-3-5-13-4-1-2-6-15(13)18;1-3-2;/h1-9,12H,10-11H2,(H,22,23);;/q;-1;+1. The zero-order valence-corrected chi connectivity index (χ0v) is 19.8. The van der Waals surface area contributed by atoms with Crippen LogP contribution >= 0.6 is 0 Å². The van der Waals surface area contributed by atoms with E-state index in [0.29, 0.717) is 22.0 Å². The Labute approximate surface area is 204 Å². The van der Waals surface area contributed by atoms with Crippen molar-refractivity contribution in [3.05, 3.63) is 87.1 Å². The van der Waals surface area contributed by atoms with Crippen molar-refractivity contribution in [2.24, 2.45) is 5.11 Å². The average molecular weight is 458 g/mol. The molecule has 156 valence electrons. The number of fused-ring (bicyclic) bond motifs is 2. The van der Waals surface area contributed by atoms with E-state index in [9.17, 15) is 8.42 Å². The minimum absolute atomic E-state index is 0. The number of hydrogen-bond acceptors (Lipinski definition) is 5. The second-order valence-corrected chi connectivity index (χ2v) is 7.96. The Hall–Kier alpha value is -3.24. The number of sulfone groups is 1. The quantitative estimate of drug-likeness (QED) is 0.153. The molecule has 0 aliphatic rings. The van der Waals surface area contributed by atoms with Gasteiger partial charge in [0.05, 0.1) is 23.6 Å². The molecule has 1 N–H and O–H groups in total. The second kappa shape index (κ2) is 11.4. The van der Waals surface area contributed by atoms with Gasteiger partial charge in [0.15, 0.2) is 5.03 Å². The Kier molecular flexibility index (Phi) is 8.91. The first kappa shape index (κ1) is 25.0. The first-order valence-corrected chi connectivity index (χ1v) is 10.3. The summed E-state index contributed by atoms with van der Waals surface area (Å²) < 4.78 is 32.3. The summed E-state index contributed by atoms with van der Waals surface area (Å²) in [6.07, 6.45) is 0. The third-order valence-electron chi connectivity index (χ3n) is 4.32. The predicted octanol–water partition coefficient (Wildman–Crippen LogP) is 2.11. The summed E-state index contributed by atoms with van der Waals surface area (Å²) in [5, 5.41) is 12.1. The maximum atomic E-state index is 13.4. The van der Waals surface area contributed by atoms with Crippen molar-refractivity contribution in [2.75, 3.05) is 13.2 Å². The summed E-state index contributed by atoms with van der Waals surface area (Å²) in [6.45, 7) is 0.375. The van der Waals surface area contributed by atoms with Gasteiger partial charge in [0.25, 0.3) is 0 Å². The second-order valence-electron chi connectivity index (χ2n) is 6.10. The predicted molar refractivity (Wildman–Crippen MR) is 115 cm³/mol. The van der Waals surface area contributed by atoms with Crippen molar-refractivity contribution in [3.63, 3.8) is 0 Å². The van der Waals surface area contributed by atoms with E-state index in [-0.39, 0.29) is 52.6 Å². The van der Waals surface area contributed by atoms with Gasteiger partial charge < -0.3 is 15.8 Å². The van der Waals surface area contributed by atoms with E-state index in [2.05, 4.69) is 20.2 Å². The fourth-order valence-corrected chi connectivity index (χ4v) is 4.62. The molecule has 0 aliphatic heterocycles. The van der Waals surface area contributed by atoms with E-state index in [4.69, 9.17) is 21.3 Å². The topological polar surface area (TPSA) is 180 Å². The van der Waals surface area contributed by atoms with Crippen LogP contribution in [0.5, 0.6) is 5.75 Å². The van der Waals surface area contributed by atoms with Crippen molar-refractivity contribution < 1.29 is 42.7 Å². The van der Waals surface area contributed by atoms with E-state index >= 15 is 0 Å². The molecule has 4 rings (SSSR count). The molecular formula is C19H15N8NaO3S. The summed E-state index contributed by atoms with van der Waals surface area (Å²) in [5.74, 6) is 0.469. The van der Waals surface area contributed by atoms with Crippen LogP contribution in [0.2, 0.25) is 0 Å². The number of rotatable bonds is 6. The van der Waals surface area contributed by atoms with Crippen LogP contribution in [0.3, 0.4) is 0 Å². The third kappa shape index (κ3) is 5.32. The monoisotopic (exact) mass is 458 g/mol. The molecule has 0 aliphatic carbocycles.